The molecule has 0 spiro atoms. The number of thioether (sulfide) groups is 1. The highest BCUT2D eigenvalue weighted by Gasteiger charge is 2.47. The van der Waals surface area contributed by atoms with Crippen LogP contribution >= 0.6 is 11.8 Å². The van der Waals surface area contributed by atoms with Crippen molar-refractivity contribution in [3.63, 3.8) is 0 Å². The third-order valence-electron chi connectivity index (χ3n) is 7.32. The van der Waals surface area contributed by atoms with Crippen LogP contribution in [0.15, 0.2) is 12.1 Å². The molecule has 0 N–H and O–H groups in total. The van der Waals surface area contributed by atoms with Gasteiger partial charge in [-0.1, -0.05) is 6.07 Å². The first-order valence-corrected chi connectivity index (χ1v) is 13.7. The fourth-order valence-corrected chi connectivity index (χ4v) is 6.63. The molecule has 39 heavy (non-hydrogen) atoms. The van der Waals surface area contributed by atoms with Crippen molar-refractivity contribution in [1.29, 1.82) is 0 Å². The smallest absolute Gasteiger partial charge is 0.389 e. The van der Waals surface area contributed by atoms with E-state index in [1.54, 1.807) is 13.2 Å². The Morgan fingerprint density at radius 3 is 2.51 bits per heavy atom. The van der Waals surface area contributed by atoms with Crippen molar-refractivity contribution in [2.24, 2.45) is 0 Å². The third kappa shape index (κ3) is 4.93. The number of likely N-dealkylation sites (N-methyl/N-ethyl adjacent to an activating group) is 1. The number of carbonyl (C=O) groups is 1. The van der Waals surface area contributed by atoms with Crippen molar-refractivity contribution in [1.82, 2.24) is 4.90 Å². The van der Waals surface area contributed by atoms with E-state index in [0.717, 1.165) is 16.7 Å². The molecule has 0 aromatic heterocycles. The summed E-state index contributed by atoms with van der Waals surface area (Å²) in [7, 11) is 6.49. The molecule has 3 aliphatic rings. The van der Waals surface area contributed by atoms with Gasteiger partial charge in [0, 0.05) is 35.4 Å². The van der Waals surface area contributed by atoms with Crippen molar-refractivity contribution < 1.29 is 46.4 Å². The summed E-state index contributed by atoms with van der Waals surface area (Å²) in [5.74, 6) is 2.57. The van der Waals surface area contributed by atoms with Crippen molar-refractivity contribution in [2.75, 3.05) is 47.5 Å². The highest BCUT2D eigenvalue weighted by atomic mass is 32.2. The zero-order valence-electron chi connectivity index (χ0n) is 22.1. The zero-order valence-corrected chi connectivity index (χ0v) is 22.9. The van der Waals surface area contributed by atoms with Crippen molar-refractivity contribution >= 4 is 17.7 Å². The van der Waals surface area contributed by atoms with Crippen LogP contribution in [0.5, 0.6) is 28.7 Å². The van der Waals surface area contributed by atoms with Gasteiger partial charge in [0.25, 0.3) is 0 Å². The molecule has 2 aromatic carbocycles. The summed E-state index contributed by atoms with van der Waals surface area (Å²) in [6, 6.07) is 3.14. The Labute approximate surface area is 228 Å². The zero-order chi connectivity index (χ0) is 27.9. The summed E-state index contributed by atoms with van der Waals surface area (Å²) in [6.45, 7) is 0.669. The predicted octanol–water partition coefficient (Wildman–Crippen LogP) is 5.46. The van der Waals surface area contributed by atoms with Crippen LogP contribution in [-0.2, 0) is 16.9 Å². The quantitative estimate of drug-likeness (QED) is 0.289. The van der Waals surface area contributed by atoms with Crippen molar-refractivity contribution in [2.45, 2.75) is 43.3 Å². The van der Waals surface area contributed by atoms with Crippen LogP contribution < -0.4 is 23.7 Å². The van der Waals surface area contributed by atoms with Crippen LogP contribution in [-0.4, -0.2) is 64.5 Å². The van der Waals surface area contributed by atoms with Gasteiger partial charge in [-0.2, -0.15) is 24.9 Å². The standard InChI is InChI=1S/C27H30F3NO7S/c1-31-10-8-14-16(12-39-11-5-9-27(28,29)30)22-25(37-13-36-22)24(35-4)18(14)20(31)21-15-6-7-17(33-2)23(34-3)19(15)26(32)38-21/h6-7,20-21H,5,8-13H2,1-4H3/t20-,21+/m1/s1. The van der Waals surface area contributed by atoms with Gasteiger partial charge < -0.3 is 28.4 Å². The van der Waals surface area contributed by atoms with E-state index < -0.39 is 30.7 Å². The molecule has 0 aliphatic carbocycles. The van der Waals surface area contributed by atoms with Crippen LogP contribution in [0.1, 0.15) is 57.6 Å². The first-order chi connectivity index (χ1) is 18.7. The number of hydrogen-bond acceptors (Lipinski definition) is 9. The van der Waals surface area contributed by atoms with Gasteiger partial charge in [-0.15, -0.1) is 0 Å². The molecule has 212 valence electrons. The Bertz CT molecular complexity index is 1270. The summed E-state index contributed by atoms with van der Waals surface area (Å²) < 4.78 is 72.3. The van der Waals surface area contributed by atoms with Gasteiger partial charge in [0.2, 0.25) is 12.5 Å². The van der Waals surface area contributed by atoms with Gasteiger partial charge in [-0.25, -0.2) is 4.79 Å². The van der Waals surface area contributed by atoms with E-state index in [0.29, 0.717) is 64.3 Å². The Morgan fingerprint density at radius 1 is 1.08 bits per heavy atom. The number of hydrogen-bond donors (Lipinski definition) is 0. The minimum absolute atomic E-state index is 0.0130. The first-order valence-electron chi connectivity index (χ1n) is 12.5. The fraction of sp³-hybridized carbons (Fsp3) is 0.519. The van der Waals surface area contributed by atoms with E-state index in [1.807, 2.05) is 13.1 Å². The Kier molecular flexibility index (Phi) is 7.69. The number of benzene rings is 2. The van der Waals surface area contributed by atoms with Crippen LogP contribution in [0, 0.1) is 0 Å². The molecule has 2 atom stereocenters. The molecule has 8 nitrogen and oxygen atoms in total. The number of methoxy groups -OCH3 is 3. The van der Waals surface area contributed by atoms with Crippen LogP contribution in [0.25, 0.3) is 0 Å². The van der Waals surface area contributed by atoms with E-state index in [1.165, 1.54) is 26.0 Å². The van der Waals surface area contributed by atoms with Gasteiger partial charge in [0.05, 0.1) is 27.4 Å². The molecule has 0 fully saturated rings. The summed E-state index contributed by atoms with van der Waals surface area (Å²) >= 11 is 1.43. The number of alkyl halides is 3. The number of fused-ring (bicyclic) bond motifs is 3. The topological polar surface area (TPSA) is 75.7 Å². The van der Waals surface area contributed by atoms with Crippen LogP contribution in [0.3, 0.4) is 0 Å². The molecule has 0 bridgehead atoms. The molecule has 0 saturated carbocycles. The molecule has 0 saturated heterocycles. The summed E-state index contributed by atoms with van der Waals surface area (Å²) in [5.41, 5.74) is 3.67. The van der Waals surface area contributed by atoms with Crippen molar-refractivity contribution in [3.8, 4) is 28.7 Å². The Balaban J connectivity index is 1.57. The summed E-state index contributed by atoms with van der Waals surface area (Å²) in [4.78, 5) is 15.2. The second-order valence-electron chi connectivity index (χ2n) is 9.51. The molecule has 0 radical (unpaired) electrons. The minimum Gasteiger partial charge on any atom is -0.493 e. The molecule has 12 heteroatoms. The average Bonchev–Trinajstić information content (AvgIpc) is 3.51. The number of cyclic esters (lactones) is 1. The van der Waals surface area contributed by atoms with E-state index in [-0.39, 0.29) is 13.2 Å². The molecule has 0 unspecified atom stereocenters. The lowest BCUT2D eigenvalue weighted by Crippen LogP contribution is -2.37. The molecule has 3 heterocycles. The molecular formula is C27H30F3NO7S. The largest absolute Gasteiger partial charge is 0.493 e. The lowest BCUT2D eigenvalue weighted by Gasteiger charge is -2.39. The molecular weight excluding hydrogens is 539 g/mol. The highest BCUT2D eigenvalue weighted by Crippen LogP contribution is 2.57. The number of rotatable bonds is 9. The predicted molar refractivity (Wildman–Crippen MR) is 137 cm³/mol. The summed E-state index contributed by atoms with van der Waals surface area (Å²) in [6.07, 6.45) is -4.95. The van der Waals surface area contributed by atoms with Crippen molar-refractivity contribution in [3.05, 3.63) is 39.9 Å². The number of esters is 1. The fourth-order valence-electron chi connectivity index (χ4n) is 5.63. The molecule has 5 rings (SSSR count). The molecule has 3 aliphatic heterocycles. The minimum atomic E-state index is -4.17. The van der Waals surface area contributed by atoms with E-state index >= 15 is 0 Å². The molecule has 0 amide bonds. The molecule has 2 aromatic rings. The Morgan fingerprint density at radius 2 is 1.82 bits per heavy atom. The van der Waals surface area contributed by atoms with E-state index in [2.05, 4.69) is 4.90 Å². The monoisotopic (exact) mass is 569 g/mol. The normalized spacial score (nSPS) is 19.9. The summed E-state index contributed by atoms with van der Waals surface area (Å²) in [5, 5.41) is 0. The maximum Gasteiger partial charge on any atom is 0.389 e. The van der Waals surface area contributed by atoms with Gasteiger partial charge in [0.1, 0.15) is 11.7 Å². The van der Waals surface area contributed by atoms with Crippen LogP contribution in [0.2, 0.25) is 0 Å². The number of ether oxygens (including phenoxy) is 6. The number of halogens is 3. The van der Waals surface area contributed by atoms with Gasteiger partial charge in [0.15, 0.2) is 23.0 Å². The third-order valence-corrected chi connectivity index (χ3v) is 8.39. The highest BCUT2D eigenvalue weighted by molar-refractivity contribution is 7.98. The van der Waals surface area contributed by atoms with E-state index in [9.17, 15) is 18.0 Å². The second kappa shape index (κ2) is 10.9. The average molecular weight is 570 g/mol. The number of nitrogens with zero attached hydrogens (tertiary/aromatic N) is 1. The van der Waals surface area contributed by atoms with Gasteiger partial charge in [-0.3, -0.25) is 4.90 Å². The van der Waals surface area contributed by atoms with E-state index in [4.69, 9.17) is 28.4 Å². The lowest BCUT2D eigenvalue weighted by atomic mass is 9.83. The number of carbonyl (C=O) groups excluding carboxylic acids is 1. The first kappa shape index (κ1) is 27.6. The Hall–Kier alpha value is -2.99. The van der Waals surface area contributed by atoms with Gasteiger partial charge >= 0.3 is 12.1 Å². The second-order valence-corrected chi connectivity index (χ2v) is 10.6. The maximum absolute atomic E-state index is 13.1. The maximum atomic E-state index is 13.1. The SMILES string of the molecule is COc1ccc2c(c1OC)C(=O)O[C@@H]2[C@H]1c2c(c(CSCCCC(F)(F)F)c3c(c2OC)OCO3)CCN1C. The van der Waals surface area contributed by atoms with Gasteiger partial charge in [-0.05, 0) is 37.3 Å². The lowest BCUT2D eigenvalue weighted by molar-refractivity contribution is -0.134. The van der Waals surface area contributed by atoms with Crippen LogP contribution in [0.4, 0.5) is 13.2 Å².